The zero-order valence-corrected chi connectivity index (χ0v) is 12.4. The SMILES string of the molecule is Cc1ccsc1C(=O)Nc1ccc(CS(N)(=O)=O)cc1. The van der Waals surface area contributed by atoms with Gasteiger partial charge in [-0.15, -0.1) is 11.3 Å². The molecule has 1 aromatic carbocycles. The largest absolute Gasteiger partial charge is 0.321 e. The zero-order valence-electron chi connectivity index (χ0n) is 10.8. The second-order valence-electron chi connectivity index (χ2n) is 4.39. The highest BCUT2D eigenvalue weighted by Gasteiger charge is 2.11. The van der Waals surface area contributed by atoms with Crippen LogP contribution in [0, 0.1) is 6.92 Å². The van der Waals surface area contributed by atoms with E-state index in [1.54, 1.807) is 24.3 Å². The van der Waals surface area contributed by atoms with Gasteiger partial charge in [0.1, 0.15) is 0 Å². The van der Waals surface area contributed by atoms with Gasteiger partial charge in [-0.2, -0.15) is 0 Å². The molecule has 106 valence electrons. The number of sulfonamides is 1. The smallest absolute Gasteiger partial charge is 0.265 e. The van der Waals surface area contributed by atoms with Gasteiger partial charge in [-0.25, -0.2) is 13.6 Å². The molecule has 0 aliphatic heterocycles. The molecule has 0 spiro atoms. The Kier molecular flexibility index (Phi) is 4.22. The van der Waals surface area contributed by atoms with Gasteiger partial charge in [0, 0.05) is 5.69 Å². The van der Waals surface area contributed by atoms with Crippen molar-refractivity contribution in [1.29, 1.82) is 0 Å². The highest BCUT2D eigenvalue weighted by molar-refractivity contribution is 7.88. The predicted octanol–water partition coefficient (Wildman–Crippen LogP) is 2.10. The Morgan fingerprint density at radius 2 is 1.90 bits per heavy atom. The molecule has 0 fully saturated rings. The first-order valence-corrected chi connectivity index (χ1v) is 8.39. The van der Waals surface area contributed by atoms with Crippen LogP contribution in [0.2, 0.25) is 0 Å². The summed E-state index contributed by atoms with van der Waals surface area (Å²) in [7, 11) is -3.54. The van der Waals surface area contributed by atoms with Crippen LogP contribution >= 0.6 is 11.3 Å². The van der Waals surface area contributed by atoms with E-state index in [0.29, 0.717) is 16.1 Å². The van der Waals surface area contributed by atoms with Crippen molar-refractivity contribution in [1.82, 2.24) is 0 Å². The number of amides is 1. The number of hydrogen-bond acceptors (Lipinski definition) is 4. The summed E-state index contributed by atoms with van der Waals surface area (Å²) in [6.45, 7) is 1.88. The molecule has 0 aliphatic rings. The molecule has 20 heavy (non-hydrogen) atoms. The maximum Gasteiger partial charge on any atom is 0.265 e. The van der Waals surface area contributed by atoms with Gasteiger partial charge in [-0.1, -0.05) is 12.1 Å². The summed E-state index contributed by atoms with van der Waals surface area (Å²) >= 11 is 1.38. The van der Waals surface area contributed by atoms with E-state index < -0.39 is 10.0 Å². The first-order chi connectivity index (χ1) is 9.35. The summed E-state index contributed by atoms with van der Waals surface area (Å²) in [6.07, 6.45) is 0. The van der Waals surface area contributed by atoms with E-state index in [0.717, 1.165) is 5.56 Å². The lowest BCUT2D eigenvalue weighted by Gasteiger charge is -2.06. The fourth-order valence-corrected chi connectivity index (χ4v) is 3.19. The van der Waals surface area contributed by atoms with E-state index in [-0.39, 0.29) is 11.7 Å². The average molecular weight is 310 g/mol. The maximum atomic E-state index is 12.0. The molecule has 0 radical (unpaired) electrons. The third-order valence-electron chi connectivity index (χ3n) is 2.65. The Balaban J connectivity index is 2.08. The molecule has 1 aromatic heterocycles. The van der Waals surface area contributed by atoms with Gasteiger partial charge in [0.2, 0.25) is 10.0 Å². The van der Waals surface area contributed by atoms with Crippen molar-refractivity contribution in [2.75, 3.05) is 5.32 Å². The highest BCUT2D eigenvalue weighted by atomic mass is 32.2. The first kappa shape index (κ1) is 14.7. The fraction of sp³-hybridized carbons (Fsp3) is 0.154. The molecule has 0 saturated carbocycles. The number of primary sulfonamides is 1. The van der Waals surface area contributed by atoms with Gasteiger partial charge in [-0.05, 0) is 41.6 Å². The molecule has 2 rings (SSSR count). The van der Waals surface area contributed by atoms with Gasteiger partial charge in [0.05, 0.1) is 10.6 Å². The van der Waals surface area contributed by atoms with Gasteiger partial charge in [-0.3, -0.25) is 4.79 Å². The molecule has 1 heterocycles. The number of benzene rings is 1. The number of nitrogens with one attached hydrogen (secondary N) is 1. The summed E-state index contributed by atoms with van der Waals surface area (Å²) in [4.78, 5) is 12.7. The topological polar surface area (TPSA) is 89.3 Å². The molecule has 5 nitrogen and oxygen atoms in total. The van der Waals surface area contributed by atoms with E-state index >= 15 is 0 Å². The van der Waals surface area contributed by atoms with Crippen molar-refractivity contribution in [3.8, 4) is 0 Å². The lowest BCUT2D eigenvalue weighted by molar-refractivity contribution is 0.103. The molecule has 1 amide bonds. The van der Waals surface area contributed by atoms with Crippen LogP contribution in [-0.2, 0) is 15.8 Å². The van der Waals surface area contributed by atoms with Crippen LogP contribution < -0.4 is 10.5 Å². The summed E-state index contributed by atoms with van der Waals surface area (Å²) in [5, 5.41) is 9.60. The van der Waals surface area contributed by atoms with Crippen molar-refractivity contribution in [2.45, 2.75) is 12.7 Å². The number of aryl methyl sites for hydroxylation is 1. The molecule has 3 N–H and O–H groups in total. The second kappa shape index (κ2) is 5.74. The van der Waals surface area contributed by atoms with Crippen LogP contribution in [0.5, 0.6) is 0 Å². The number of anilines is 1. The van der Waals surface area contributed by atoms with Crippen LogP contribution in [0.15, 0.2) is 35.7 Å². The number of rotatable bonds is 4. The minimum absolute atomic E-state index is 0.170. The number of nitrogens with two attached hydrogens (primary N) is 1. The predicted molar refractivity (Wildman–Crippen MR) is 80.3 cm³/mol. The zero-order chi connectivity index (χ0) is 14.8. The number of carbonyl (C=O) groups is 1. The summed E-state index contributed by atoms with van der Waals surface area (Å²) in [5.74, 6) is -0.387. The van der Waals surface area contributed by atoms with E-state index in [9.17, 15) is 13.2 Å². The lowest BCUT2D eigenvalue weighted by atomic mass is 10.2. The summed E-state index contributed by atoms with van der Waals surface area (Å²) in [5.41, 5.74) is 2.12. The van der Waals surface area contributed by atoms with Gasteiger partial charge in [0.25, 0.3) is 5.91 Å². The van der Waals surface area contributed by atoms with E-state index in [1.165, 1.54) is 11.3 Å². The van der Waals surface area contributed by atoms with Crippen molar-refractivity contribution in [2.24, 2.45) is 5.14 Å². The van der Waals surface area contributed by atoms with Crippen LogP contribution in [0.4, 0.5) is 5.69 Å². The monoisotopic (exact) mass is 310 g/mol. The summed E-state index contributed by atoms with van der Waals surface area (Å²) in [6, 6.07) is 8.44. The lowest BCUT2D eigenvalue weighted by Crippen LogP contribution is -2.14. The summed E-state index contributed by atoms with van der Waals surface area (Å²) < 4.78 is 21.9. The minimum Gasteiger partial charge on any atom is -0.321 e. The third kappa shape index (κ3) is 3.89. The second-order valence-corrected chi connectivity index (χ2v) is 6.92. The van der Waals surface area contributed by atoms with Gasteiger partial charge >= 0.3 is 0 Å². The molecule has 7 heteroatoms. The van der Waals surface area contributed by atoms with Crippen LogP contribution in [0.1, 0.15) is 20.8 Å². The van der Waals surface area contributed by atoms with Crippen LogP contribution in [-0.4, -0.2) is 14.3 Å². The molecular weight excluding hydrogens is 296 g/mol. The van der Waals surface area contributed by atoms with Crippen molar-refractivity contribution in [3.05, 3.63) is 51.7 Å². The third-order valence-corrected chi connectivity index (χ3v) is 4.40. The molecule has 0 unspecified atom stereocenters. The number of hydrogen-bond donors (Lipinski definition) is 2. The van der Waals surface area contributed by atoms with Crippen molar-refractivity contribution in [3.63, 3.8) is 0 Å². The number of carbonyl (C=O) groups excluding carboxylic acids is 1. The quantitative estimate of drug-likeness (QED) is 0.906. The Bertz CT molecular complexity index is 718. The Morgan fingerprint density at radius 1 is 1.25 bits per heavy atom. The maximum absolute atomic E-state index is 12.0. The van der Waals surface area contributed by atoms with Crippen molar-refractivity contribution < 1.29 is 13.2 Å². The Hall–Kier alpha value is -1.70. The Labute approximate surface area is 121 Å². The molecule has 0 saturated heterocycles. The molecule has 0 atom stereocenters. The minimum atomic E-state index is -3.54. The molecule has 0 aliphatic carbocycles. The Morgan fingerprint density at radius 3 is 2.40 bits per heavy atom. The van der Waals surface area contributed by atoms with E-state index in [4.69, 9.17) is 5.14 Å². The van der Waals surface area contributed by atoms with Gasteiger partial charge in [0.15, 0.2) is 0 Å². The normalized spacial score (nSPS) is 11.3. The average Bonchev–Trinajstić information content (AvgIpc) is 2.76. The standard InChI is InChI=1S/C13H14N2O3S2/c1-9-6-7-19-12(9)13(16)15-11-4-2-10(3-5-11)8-20(14,17)18/h2-7H,8H2,1H3,(H,15,16)(H2,14,17,18). The first-order valence-electron chi connectivity index (χ1n) is 5.80. The molecule has 0 bridgehead atoms. The van der Waals surface area contributed by atoms with Gasteiger partial charge < -0.3 is 5.32 Å². The van der Waals surface area contributed by atoms with Crippen molar-refractivity contribution >= 4 is 33.0 Å². The van der Waals surface area contributed by atoms with Crippen LogP contribution in [0.3, 0.4) is 0 Å². The van der Waals surface area contributed by atoms with Crippen LogP contribution in [0.25, 0.3) is 0 Å². The van der Waals surface area contributed by atoms with E-state index in [1.807, 2.05) is 18.4 Å². The molecular formula is C13H14N2O3S2. The molecule has 2 aromatic rings. The van der Waals surface area contributed by atoms with E-state index in [2.05, 4.69) is 5.32 Å². The fourth-order valence-electron chi connectivity index (χ4n) is 1.71. The highest BCUT2D eigenvalue weighted by Crippen LogP contribution is 2.18. The number of thiophene rings is 1.